The molecule has 0 radical (unpaired) electrons. The summed E-state index contributed by atoms with van der Waals surface area (Å²) in [4.78, 5) is 24.7. The minimum Gasteiger partial charge on any atom is -0.478 e. The van der Waals surface area contributed by atoms with Crippen LogP contribution in [0.25, 0.3) is 6.08 Å². The normalized spacial score (nSPS) is 18.2. The van der Waals surface area contributed by atoms with E-state index in [-0.39, 0.29) is 11.9 Å². The molecule has 1 unspecified atom stereocenters. The number of likely N-dealkylation sites (N-methyl/N-ethyl adjacent to an activating group) is 1. The Morgan fingerprint density at radius 3 is 2.90 bits per heavy atom. The van der Waals surface area contributed by atoms with Crippen molar-refractivity contribution in [3.05, 3.63) is 34.3 Å². The second kappa shape index (κ2) is 6.76. The van der Waals surface area contributed by atoms with E-state index in [1.807, 2.05) is 23.1 Å². The molecule has 1 aliphatic heterocycles. The van der Waals surface area contributed by atoms with E-state index in [0.717, 1.165) is 41.2 Å². The number of aliphatic carboxylic acids is 1. The van der Waals surface area contributed by atoms with Crippen LogP contribution in [0.3, 0.4) is 0 Å². The van der Waals surface area contributed by atoms with Gasteiger partial charge in [-0.1, -0.05) is 22.0 Å². The number of nitrogens with one attached hydrogen (secondary N) is 1. The van der Waals surface area contributed by atoms with Gasteiger partial charge in [-0.3, -0.25) is 4.79 Å². The first-order valence-corrected chi connectivity index (χ1v) is 7.51. The third-order valence-corrected chi connectivity index (χ3v) is 4.00. The molecule has 6 heteroatoms. The highest BCUT2D eigenvalue weighted by molar-refractivity contribution is 9.10. The smallest absolute Gasteiger partial charge is 0.328 e. The summed E-state index contributed by atoms with van der Waals surface area (Å²) in [7, 11) is 1.63. The fraction of sp³-hybridized carbons (Fsp3) is 0.333. The highest BCUT2D eigenvalue weighted by atomic mass is 79.9. The maximum absolute atomic E-state index is 12.0. The Labute approximate surface area is 131 Å². The molecule has 1 aromatic rings. The van der Waals surface area contributed by atoms with Crippen LogP contribution in [0.15, 0.2) is 28.7 Å². The molecule has 5 nitrogen and oxygen atoms in total. The van der Waals surface area contributed by atoms with Crippen molar-refractivity contribution in [1.82, 2.24) is 5.32 Å². The summed E-state index contributed by atoms with van der Waals surface area (Å²) in [6.07, 6.45) is 4.40. The lowest BCUT2D eigenvalue weighted by molar-refractivity contribution is -0.131. The average molecular weight is 353 g/mol. The molecule has 0 bridgehead atoms. The van der Waals surface area contributed by atoms with Crippen LogP contribution >= 0.6 is 15.9 Å². The average Bonchev–Trinajstić information content (AvgIpc) is 2.94. The van der Waals surface area contributed by atoms with E-state index < -0.39 is 5.97 Å². The maximum atomic E-state index is 12.0. The van der Waals surface area contributed by atoms with Crippen LogP contribution in [0.2, 0.25) is 0 Å². The lowest BCUT2D eigenvalue weighted by Gasteiger charge is -2.27. The van der Waals surface area contributed by atoms with Gasteiger partial charge in [0.25, 0.3) is 0 Å². The molecule has 1 amide bonds. The van der Waals surface area contributed by atoms with Crippen LogP contribution in [0.5, 0.6) is 0 Å². The predicted molar refractivity (Wildman–Crippen MR) is 85.2 cm³/mol. The molecular weight excluding hydrogens is 336 g/mol. The zero-order valence-corrected chi connectivity index (χ0v) is 13.3. The lowest BCUT2D eigenvalue weighted by atomic mass is 10.1. The van der Waals surface area contributed by atoms with E-state index in [0.29, 0.717) is 0 Å². The van der Waals surface area contributed by atoms with Gasteiger partial charge in [-0.05, 0) is 36.6 Å². The summed E-state index contributed by atoms with van der Waals surface area (Å²) < 4.78 is 0.896. The summed E-state index contributed by atoms with van der Waals surface area (Å²) >= 11 is 3.43. The van der Waals surface area contributed by atoms with Gasteiger partial charge in [0.05, 0.1) is 0 Å². The van der Waals surface area contributed by atoms with Gasteiger partial charge in [-0.2, -0.15) is 0 Å². The highest BCUT2D eigenvalue weighted by Gasteiger charge is 2.31. The molecular formula is C15H17BrN2O3. The fourth-order valence-electron chi connectivity index (χ4n) is 2.56. The van der Waals surface area contributed by atoms with E-state index in [4.69, 9.17) is 5.11 Å². The number of benzene rings is 1. The standard InChI is InChI=1S/C15H17BrN2O3/c1-17-15(21)12-3-2-8-18(12)13-9-11(16)6-4-10(13)5-7-14(19)20/h4-7,9,12H,2-3,8H2,1H3,(H,17,21)(H,19,20). The van der Waals surface area contributed by atoms with E-state index in [1.165, 1.54) is 0 Å². The minimum atomic E-state index is -0.992. The molecule has 1 fully saturated rings. The van der Waals surface area contributed by atoms with Crippen molar-refractivity contribution in [3.63, 3.8) is 0 Å². The van der Waals surface area contributed by atoms with Gasteiger partial charge < -0.3 is 15.3 Å². The molecule has 21 heavy (non-hydrogen) atoms. The van der Waals surface area contributed by atoms with Crippen molar-refractivity contribution in [1.29, 1.82) is 0 Å². The quantitative estimate of drug-likeness (QED) is 0.815. The molecule has 2 N–H and O–H groups in total. The molecule has 1 saturated heterocycles. The molecule has 1 aromatic carbocycles. The molecule has 1 aliphatic rings. The predicted octanol–water partition coefficient (Wildman–Crippen LogP) is 2.26. The van der Waals surface area contributed by atoms with E-state index >= 15 is 0 Å². The van der Waals surface area contributed by atoms with Gasteiger partial charge in [0, 0.05) is 29.8 Å². The summed E-state index contributed by atoms with van der Waals surface area (Å²) in [5.74, 6) is -1.01. The molecule has 112 valence electrons. The number of nitrogens with zero attached hydrogens (tertiary/aromatic N) is 1. The molecule has 1 heterocycles. The maximum Gasteiger partial charge on any atom is 0.328 e. The molecule has 1 atom stereocenters. The number of carboxylic acids is 1. The molecule has 0 spiro atoms. The van der Waals surface area contributed by atoms with E-state index in [2.05, 4.69) is 21.2 Å². The zero-order valence-electron chi connectivity index (χ0n) is 11.7. The molecule has 0 saturated carbocycles. The zero-order chi connectivity index (χ0) is 15.4. The fourth-order valence-corrected chi connectivity index (χ4v) is 2.91. The molecule has 0 aromatic heterocycles. The minimum absolute atomic E-state index is 0.0133. The Morgan fingerprint density at radius 2 is 2.24 bits per heavy atom. The highest BCUT2D eigenvalue weighted by Crippen LogP contribution is 2.32. The third kappa shape index (κ3) is 3.64. The first-order valence-electron chi connectivity index (χ1n) is 6.71. The number of halogens is 1. The molecule has 2 rings (SSSR count). The first kappa shape index (κ1) is 15.6. The lowest BCUT2D eigenvalue weighted by Crippen LogP contribution is -2.42. The van der Waals surface area contributed by atoms with Crippen molar-refractivity contribution in [2.75, 3.05) is 18.5 Å². The van der Waals surface area contributed by atoms with Crippen LogP contribution in [0, 0.1) is 0 Å². The number of hydrogen-bond acceptors (Lipinski definition) is 3. The number of rotatable bonds is 4. The summed E-state index contributed by atoms with van der Waals surface area (Å²) in [6.45, 7) is 0.780. The number of hydrogen-bond donors (Lipinski definition) is 2. The van der Waals surface area contributed by atoms with Crippen molar-refractivity contribution >= 4 is 39.6 Å². The monoisotopic (exact) mass is 352 g/mol. The van der Waals surface area contributed by atoms with Gasteiger partial charge in [-0.15, -0.1) is 0 Å². The molecule has 0 aliphatic carbocycles. The van der Waals surface area contributed by atoms with Crippen molar-refractivity contribution in [3.8, 4) is 0 Å². The second-order valence-corrected chi connectivity index (χ2v) is 5.76. The number of anilines is 1. The van der Waals surface area contributed by atoms with E-state index in [1.54, 1.807) is 13.1 Å². The van der Waals surface area contributed by atoms with Gasteiger partial charge >= 0.3 is 5.97 Å². The number of amides is 1. The van der Waals surface area contributed by atoms with Crippen LogP contribution < -0.4 is 10.2 Å². The third-order valence-electron chi connectivity index (χ3n) is 3.51. The Hall–Kier alpha value is -1.82. The van der Waals surface area contributed by atoms with Crippen LogP contribution in [0.4, 0.5) is 5.69 Å². The SMILES string of the molecule is CNC(=O)C1CCCN1c1cc(Br)ccc1C=CC(=O)O. The van der Waals surface area contributed by atoms with Gasteiger partial charge in [-0.25, -0.2) is 4.79 Å². The van der Waals surface area contributed by atoms with Crippen LogP contribution in [0.1, 0.15) is 18.4 Å². The Kier molecular flexibility index (Phi) is 5.01. The Balaban J connectivity index is 2.39. The van der Waals surface area contributed by atoms with Crippen LogP contribution in [-0.4, -0.2) is 36.6 Å². The van der Waals surface area contributed by atoms with Gasteiger partial charge in [0.1, 0.15) is 6.04 Å². The second-order valence-electron chi connectivity index (χ2n) is 4.84. The van der Waals surface area contributed by atoms with Crippen molar-refractivity contribution in [2.24, 2.45) is 0 Å². The first-order chi connectivity index (χ1) is 10.0. The summed E-state index contributed by atoms with van der Waals surface area (Å²) in [6, 6.07) is 5.41. The van der Waals surface area contributed by atoms with Crippen molar-refractivity contribution < 1.29 is 14.7 Å². The van der Waals surface area contributed by atoms with Gasteiger partial charge in [0.15, 0.2) is 0 Å². The largest absolute Gasteiger partial charge is 0.478 e. The number of carbonyl (C=O) groups excluding carboxylic acids is 1. The van der Waals surface area contributed by atoms with Gasteiger partial charge in [0.2, 0.25) is 5.91 Å². The van der Waals surface area contributed by atoms with Crippen LogP contribution in [-0.2, 0) is 9.59 Å². The summed E-state index contributed by atoms with van der Waals surface area (Å²) in [5, 5.41) is 11.5. The summed E-state index contributed by atoms with van der Waals surface area (Å²) in [5.41, 5.74) is 1.66. The number of carbonyl (C=O) groups is 2. The van der Waals surface area contributed by atoms with E-state index in [9.17, 15) is 9.59 Å². The van der Waals surface area contributed by atoms with Crippen molar-refractivity contribution in [2.45, 2.75) is 18.9 Å². The Bertz CT molecular complexity index is 586. The topological polar surface area (TPSA) is 69.6 Å². The Morgan fingerprint density at radius 1 is 1.48 bits per heavy atom. The number of carboxylic acid groups (broad SMARTS) is 1.